The first-order valence-corrected chi connectivity index (χ1v) is 31.9. The number of hydrogen-bond donors (Lipinski definition) is 0. The largest absolute Gasteiger partial charge is 0.294 e. The van der Waals surface area contributed by atoms with Gasteiger partial charge in [0.15, 0.2) is 17.3 Å². The van der Waals surface area contributed by atoms with Gasteiger partial charge in [0, 0.05) is 81.4 Å². The molecule has 350 valence electrons. The summed E-state index contributed by atoms with van der Waals surface area (Å²) >= 11 is 22.6. The number of hydrogen-bond acceptors (Lipinski definition) is 15. The third-order valence-electron chi connectivity index (χ3n) is 10.2. The number of fused-ring (bicyclic) bond motifs is 6. The van der Waals surface area contributed by atoms with Gasteiger partial charge in [0.2, 0.25) is 0 Å². The van der Waals surface area contributed by atoms with Crippen LogP contribution in [0, 0.1) is 0 Å². The molecule has 0 saturated carbocycles. The molecule has 0 spiro atoms. The highest BCUT2D eigenvalue weighted by atomic mass is 32.2. The zero-order valence-electron chi connectivity index (χ0n) is 41.2. The van der Waals surface area contributed by atoms with Crippen molar-refractivity contribution in [2.45, 2.75) is 235 Å². The van der Waals surface area contributed by atoms with Crippen molar-refractivity contribution in [2.24, 2.45) is 0 Å². The Morgan fingerprint density at radius 1 is 0.281 bits per heavy atom. The van der Waals surface area contributed by atoms with E-state index in [0.717, 1.165) is 46.1 Å². The van der Waals surface area contributed by atoms with E-state index in [4.69, 9.17) is 0 Å². The average molecular weight is 1090 g/mol. The Morgan fingerprint density at radius 3 is 0.531 bits per heavy atom. The first-order valence-electron chi connectivity index (χ1n) is 22.1. The Balaban J connectivity index is 0.00000109. The van der Waals surface area contributed by atoms with Gasteiger partial charge < -0.3 is 0 Å². The summed E-state index contributed by atoms with van der Waals surface area (Å²) in [6.45, 7) is 44.8. The molecule has 3 nitrogen and oxygen atoms in total. The number of carbonyl (C=O) groups excluding carboxylic acids is 3. The summed E-state index contributed by atoms with van der Waals surface area (Å²) in [4.78, 5) is 56.0. The van der Waals surface area contributed by atoms with Crippen molar-refractivity contribution in [3.05, 3.63) is 33.4 Å². The van der Waals surface area contributed by atoms with Crippen LogP contribution in [0.2, 0.25) is 0 Å². The third kappa shape index (κ3) is 9.78. The Morgan fingerprint density at radius 2 is 0.406 bits per heavy atom. The van der Waals surface area contributed by atoms with E-state index in [1.54, 1.807) is 20.8 Å². The van der Waals surface area contributed by atoms with Crippen molar-refractivity contribution in [3.63, 3.8) is 0 Å². The lowest BCUT2D eigenvalue weighted by Crippen LogP contribution is -2.16. The standard InChI is InChI=1S/C43H46O3S12.3C2H6/c1-16(44)19-26-32(53-38(4,5)47-26)23(33-27(19)48-39(6,7)54-33)22(24-34-28(49-40(8,9)55-34)20(17(2)45)29-35(24)56-41(10,11)50-29)25-36-30(51-42(12,13)57-36)21(18(3)46)31-37(25)58-43(14,15)52-31;3*1-2/h22H,1-15H3;3*1-2H3. The van der Waals surface area contributed by atoms with Crippen molar-refractivity contribution in [2.75, 3.05) is 0 Å². The molecule has 0 atom stereocenters. The number of thioether (sulfide) groups is 12. The second-order valence-electron chi connectivity index (χ2n) is 18.0. The molecule has 0 aromatic heterocycles. The normalized spacial score (nSPS) is 20.9. The Labute approximate surface area is 436 Å². The topological polar surface area (TPSA) is 51.2 Å². The first-order chi connectivity index (χ1) is 29.6. The zero-order valence-corrected chi connectivity index (χ0v) is 51.0. The van der Waals surface area contributed by atoms with Crippen LogP contribution >= 0.6 is 141 Å². The number of carbonyl (C=O) groups is 3. The molecule has 0 amide bonds. The highest BCUT2D eigenvalue weighted by Crippen LogP contribution is 2.74. The van der Waals surface area contributed by atoms with Gasteiger partial charge in [0.1, 0.15) is 0 Å². The molecule has 15 heteroatoms. The maximum absolute atomic E-state index is 14.0. The van der Waals surface area contributed by atoms with E-state index in [-0.39, 0.29) is 47.7 Å². The summed E-state index contributed by atoms with van der Waals surface area (Å²) < 4.78 is -1.11. The van der Waals surface area contributed by atoms with Gasteiger partial charge in [-0.3, -0.25) is 14.4 Å². The van der Waals surface area contributed by atoms with E-state index in [9.17, 15) is 14.4 Å². The van der Waals surface area contributed by atoms with E-state index in [1.807, 2.05) is 183 Å². The highest BCUT2D eigenvalue weighted by molar-refractivity contribution is 8.23. The van der Waals surface area contributed by atoms with Crippen molar-refractivity contribution in [1.82, 2.24) is 0 Å². The molecule has 0 aliphatic carbocycles. The van der Waals surface area contributed by atoms with E-state index in [2.05, 4.69) is 83.1 Å². The molecule has 6 aliphatic heterocycles. The van der Waals surface area contributed by atoms with Gasteiger partial charge in [-0.25, -0.2) is 0 Å². The monoisotopic (exact) mass is 1080 g/mol. The van der Waals surface area contributed by atoms with E-state index in [0.29, 0.717) is 0 Å². The second kappa shape index (κ2) is 19.1. The minimum atomic E-state index is -0.229. The zero-order chi connectivity index (χ0) is 48.2. The predicted octanol–water partition coefficient (Wildman–Crippen LogP) is 20.2. The van der Waals surface area contributed by atoms with Crippen LogP contribution in [0.25, 0.3) is 0 Å². The molecular weight excluding hydrogens is 1020 g/mol. The lowest BCUT2D eigenvalue weighted by Gasteiger charge is -2.32. The fourth-order valence-corrected chi connectivity index (χ4v) is 26.7. The quantitative estimate of drug-likeness (QED) is 0.174. The van der Waals surface area contributed by atoms with Crippen LogP contribution in [-0.2, 0) is 0 Å². The van der Waals surface area contributed by atoms with Crippen molar-refractivity contribution in [1.29, 1.82) is 0 Å². The van der Waals surface area contributed by atoms with Crippen LogP contribution in [0.1, 0.15) is 199 Å². The van der Waals surface area contributed by atoms with E-state index < -0.39 is 0 Å². The fraction of sp³-hybridized carbons (Fsp3) is 0.571. The van der Waals surface area contributed by atoms with Crippen molar-refractivity contribution in [3.8, 4) is 0 Å². The Kier molecular flexibility index (Phi) is 16.2. The smallest absolute Gasteiger partial charge is 0.162 e. The van der Waals surface area contributed by atoms with Crippen LogP contribution in [0.5, 0.6) is 0 Å². The lowest BCUT2D eigenvalue weighted by molar-refractivity contribution is 0.0998. The molecule has 3 aromatic carbocycles. The second-order valence-corrected chi connectivity index (χ2v) is 39.2. The molecule has 0 radical (unpaired) electrons. The minimum absolute atomic E-state index is 0.122. The number of Topliss-reactive ketones (excluding diaryl/α,β-unsaturated/α-hetero) is 3. The molecule has 0 unspecified atom stereocenters. The summed E-state index contributed by atoms with van der Waals surface area (Å²) in [5.41, 5.74) is 6.53. The van der Waals surface area contributed by atoms with Gasteiger partial charge in [-0.05, 0) is 121 Å². The summed E-state index contributed by atoms with van der Waals surface area (Å²) in [5.74, 6) is 0.138. The third-order valence-corrected chi connectivity index (χ3v) is 27.3. The summed E-state index contributed by atoms with van der Waals surface area (Å²) in [6, 6.07) is 0. The van der Waals surface area contributed by atoms with Crippen LogP contribution in [0.15, 0.2) is 58.7 Å². The summed E-state index contributed by atoms with van der Waals surface area (Å²) in [7, 11) is 0. The Hall–Kier alpha value is 0.870. The minimum Gasteiger partial charge on any atom is -0.294 e. The molecule has 0 fully saturated rings. The maximum Gasteiger partial charge on any atom is 0.162 e. The van der Waals surface area contributed by atoms with Crippen molar-refractivity contribution < 1.29 is 14.4 Å². The maximum atomic E-state index is 14.0. The molecule has 0 saturated heterocycles. The SMILES string of the molecule is CC.CC.CC.CC(=O)c1c2c(c(C(c3c4c(c(C(C)=O)c5c3SC(C)(C)S5)SC(C)(C)S4)c3c4c(c(C(C)=O)c5c3SC(C)(C)S5)SC(C)(C)S4)c3c1SC(C)(C)S3)SC(C)(C)S2. The number of rotatable bonds is 6. The molecule has 6 heterocycles. The van der Waals surface area contributed by atoms with Gasteiger partial charge in [0.25, 0.3) is 0 Å². The lowest BCUT2D eigenvalue weighted by atomic mass is 9.82. The van der Waals surface area contributed by atoms with E-state index in [1.165, 1.54) is 46.1 Å². The number of ketones is 3. The van der Waals surface area contributed by atoms with Crippen LogP contribution in [-0.4, -0.2) is 41.8 Å². The van der Waals surface area contributed by atoms with Crippen LogP contribution < -0.4 is 0 Å². The van der Waals surface area contributed by atoms with Crippen LogP contribution in [0.4, 0.5) is 0 Å². The van der Waals surface area contributed by atoms with Crippen molar-refractivity contribution >= 4 is 158 Å². The highest BCUT2D eigenvalue weighted by Gasteiger charge is 2.53. The molecule has 3 aromatic rings. The van der Waals surface area contributed by atoms with Gasteiger partial charge >= 0.3 is 0 Å². The first kappa shape index (κ1) is 54.2. The van der Waals surface area contributed by atoms with E-state index >= 15 is 0 Å². The average Bonchev–Trinajstić information content (AvgIpc) is 3.98. The molecular formula is C49H64O3S12. The Bertz CT molecular complexity index is 2070. The van der Waals surface area contributed by atoms with Gasteiger partial charge in [0.05, 0.1) is 24.5 Å². The van der Waals surface area contributed by atoms with Gasteiger partial charge in [-0.2, -0.15) is 0 Å². The molecule has 0 N–H and O–H groups in total. The fourth-order valence-electron chi connectivity index (χ4n) is 8.48. The van der Waals surface area contributed by atoms with Gasteiger partial charge in [-0.15, -0.1) is 141 Å². The van der Waals surface area contributed by atoms with Gasteiger partial charge in [-0.1, -0.05) is 41.5 Å². The number of benzene rings is 3. The predicted molar refractivity (Wildman–Crippen MR) is 299 cm³/mol. The molecule has 0 bridgehead atoms. The van der Waals surface area contributed by atoms with Crippen LogP contribution in [0.3, 0.4) is 0 Å². The molecule has 6 aliphatic rings. The molecule has 9 rings (SSSR count). The molecule has 64 heavy (non-hydrogen) atoms. The summed E-state index contributed by atoms with van der Waals surface area (Å²) in [5, 5.41) is 0. The summed E-state index contributed by atoms with van der Waals surface area (Å²) in [6.07, 6.45) is 0.